The number of para-hydroxylation sites is 1. The maximum absolute atomic E-state index is 3.80. The van der Waals surface area contributed by atoms with Gasteiger partial charge in [-0.25, -0.2) is 0 Å². The van der Waals surface area contributed by atoms with Crippen LogP contribution in [0.4, 0.5) is 5.69 Å². The number of nitrogens with zero attached hydrogens (tertiary/aromatic N) is 1. The van der Waals surface area contributed by atoms with Crippen LogP contribution in [-0.4, -0.2) is 36.3 Å². The van der Waals surface area contributed by atoms with E-state index in [4.69, 9.17) is 0 Å². The molecule has 0 amide bonds. The average molecular weight is 290 g/mol. The monoisotopic (exact) mass is 290 g/mol. The van der Waals surface area contributed by atoms with Crippen molar-refractivity contribution in [2.45, 2.75) is 37.1 Å². The first-order chi connectivity index (χ1) is 9.83. The summed E-state index contributed by atoms with van der Waals surface area (Å²) in [6.45, 7) is 9.77. The van der Waals surface area contributed by atoms with E-state index in [2.05, 4.69) is 48.0 Å². The van der Waals surface area contributed by atoms with Crippen molar-refractivity contribution in [3.05, 3.63) is 36.9 Å². The van der Waals surface area contributed by atoms with E-state index in [1.165, 1.54) is 49.5 Å². The first kappa shape index (κ1) is 15.5. The van der Waals surface area contributed by atoms with E-state index in [1.54, 1.807) is 0 Å². The predicted octanol–water partition coefficient (Wildman–Crippen LogP) is 4.25. The van der Waals surface area contributed by atoms with Crippen molar-refractivity contribution < 1.29 is 0 Å². The van der Waals surface area contributed by atoms with Gasteiger partial charge >= 0.3 is 0 Å². The second-order valence-corrected chi connectivity index (χ2v) is 6.42. The summed E-state index contributed by atoms with van der Waals surface area (Å²) >= 11 is 1.85. The molecule has 1 aromatic rings. The fraction of sp³-hybridized carbons (Fsp3) is 0.529. The molecule has 1 aromatic carbocycles. The van der Waals surface area contributed by atoms with Crippen molar-refractivity contribution in [2.75, 3.05) is 30.7 Å². The molecule has 2 rings (SSSR count). The van der Waals surface area contributed by atoms with Gasteiger partial charge in [-0.15, -0.1) is 18.3 Å². The number of hydrogen-bond donors (Lipinski definition) is 1. The Kier molecular flexibility index (Phi) is 6.48. The van der Waals surface area contributed by atoms with Crippen LogP contribution in [-0.2, 0) is 0 Å². The quantitative estimate of drug-likeness (QED) is 0.597. The van der Waals surface area contributed by atoms with Crippen molar-refractivity contribution in [3.63, 3.8) is 0 Å². The lowest BCUT2D eigenvalue weighted by Crippen LogP contribution is -2.39. The maximum atomic E-state index is 3.80. The highest BCUT2D eigenvalue weighted by Gasteiger charge is 2.18. The topological polar surface area (TPSA) is 15.3 Å². The standard InChI is InChI=1S/C17H26N2S/c1-3-11-19-12-9-15(10-13-19)18-16-7-5-6-8-17(16)20-14-4-2/h4-8,15,18H,2-3,9-14H2,1H3. The van der Waals surface area contributed by atoms with E-state index in [0.717, 1.165) is 5.75 Å². The first-order valence-corrected chi connectivity index (χ1v) is 8.63. The molecule has 1 aliphatic heterocycles. The largest absolute Gasteiger partial charge is 0.381 e. The fourth-order valence-electron chi connectivity index (χ4n) is 2.70. The number of nitrogens with one attached hydrogen (secondary N) is 1. The molecule has 0 bridgehead atoms. The van der Waals surface area contributed by atoms with E-state index in [-0.39, 0.29) is 0 Å². The number of rotatable bonds is 7. The van der Waals surface area contributed by atoms with Gasteiger partial charge in [-0.2, -0.15) is 0 Å². The summed E-state index contributed by atoms with van der Waals surface area (Å²) in [5.74, 6) is 0.966. The van der Waals surface area contributed by atoms with Gasteiger partial charge in [0, 0.05) is 35.5 Å². The molecule has 1 heterocycles. The van der Waals surface area contributed by atoms with Gasteiger partial charge in [-0.05, 0) is 37.9 Å². The Morgan fingerprint density at radius 1 is 1.35 bits per heavy atom. The molecule has 2 nitrogen and oxygen atoms in total. The zero-order valence-corrected chi connectivity index (χ0v) is 13.3. The molecule has 0 atom stereocenters. The Morgan fingerprint density at radius 2 is 2.10 bits per heavy atom. The Bertz CT molecular complexity index is 411. The molecule has 0 aromatic heterocycles. The number of anilines is 1. The van der Waals surface area contributed by atoms with Gasteiger partial charge in [0.1, 0.15) is 0 Å². The summed E-state index contributed by atoms with van der Waals surface area (Å²) in [4.78, 5) is 3.92. The lowest BCUT2D eigenvalue weighted by molar-refractivity contribution is 0.219. The molecule has 110 valence electrons. The third kappa shape index (κ3) is 4.57. The minimum Gasteiger partial charge on any atom is -0.381 e. The van der Waals surface area contributed by atoms with Crippen LogP contribution in [0.3, 0.4) is 0 Å². The Balaban J connectivity index is 1.89. The summed E-state index contributed by atoms with van der Waals surface area (Å²) in [6.07, 6.45) is 5.73. The van der Waals surface area contributed by atoms with E-state index >= 15 is 0 Å². The highest BCUT2D eigenvalue weighted by atomic mass is 32.2. The molecule has 1 saturated heterocycles. The number of thioether (sulfide) groups is 1. The van der Waals surface area contributed by atoms with Crippen LogP contribution in [0.25, 0.3) is 0 Å². The Morgan fingerprint density at radius 3 is 2.80 bits per heavy atom. The zero-order valence-electron chi connectivity index (χ0n) is 12.5. The van der Waals surface area contributed by atoms with Gasteiger partial charge in [0.15, 0.2) is 0 Å². The Hall–Kier alpha value is -0.930. The van der Waals surface area contributed by atoms with Crippen LogP contribution in [0.15, 0.2) is 41.8 Å². The van der Waals surface area contributed by atoms with Gasteiger partial charge in [-0.1, -0.05) is 25.1 Å². The minimum absolute atomic E-state index is 0.619. The summed E-state index contributed by atoms with van der Waals surface area (Å²) in [7, 11) is 0. The molecule has 0 radical (unpaired) electrons. The average Bonchev–Trinajstić information content (AvgIpc) is 2.49. The van der Waals surface area contributed by atoms with Crippen LogP contribution >= 0.6 is 11.8 Å². The zero-order chi connectivity index (χ0) is 14.2. The molecule has 0 saturated carbocycles. The summed E-state index contributed by atoms with van der Waals surface area (Å²) < 4.78 is 0. The van der Waals surface area contributed by atoms with E-state index in [9.17, 15) is 0 Å². The molecular formula is C17H26N2S. The number of piperidine rings is 1. The van der Waals surface area contributed by atoms with Crippen LogP contribution in [0.1, 0.15) is 26.2 Å². The summed E-state index contributed by atoms with van der Waals surface area (Å²) in [6, 6.07) is 9.24. The molecule has 0 aliphatic carbocycles. The smallest absolute Gasteiger partial charge is 0.0480 e. The van der Waals surface area contributed by atoms with Gasteiger partial charge in [0.2, 0.25) is 0 Å². The van der Waals surface area contributed by atoms with Gasteiger partial charge in [-0.3, -0.25) is 0 Å². The highest BCUT2D eigenvalue weighted by Crippen LogP contribution is 2.28. The molecule has 1 N–H and O–H groups in total. The van der Waals surface area contributed by atoms with Crippen LogP contribution < -0.4 is 5.32 Å². The lowest BCUT2D eigenvalue weighted by Gasteiger charge is -2.33. The molecule has 1 fully saturated rings. The van der Waals surface area contributed by atoms with Crippen LogP contribution in [0.2, 0.25) is 0 Å². The van der Waals surface area contributed by atoms with Crippen molar-refractivity contribution in [3.8, 4) is 0 Å². The third-order valence-electron chi connectivity index (χ3n) is 3.73. The third-order valence-corrected chi connectivity index (χ3v) is 4.80. The van der Waals surface area contributed by atoms with E-state index in [1.807, 2.05) is 17.8 Å². The highest BCUT2D eigenvalue weighted by molar-refractivity contribution is 7.99. The molecular weight excluding hydrogens is 264 g/mol. The van der Waals surface area contributed by atoms with Gasteiger partial charge in [0.05, 0.1) is 0 Å². The van der Waals surface area contributed by atoms with Crippen molar-refractivity contribution in [1.29, 1.82) is 0 Å². The normalized spacial score (nSPS) is 17.1. The van der Waals surface area contributed by atoms with Crippen molar-refractivity contribution in [1.82, 2.24) is 4.90 Å². The van der Waals surface area contributed by atoms with Crippen molar-refractivity contribution in [2.24, 2.45) is 0 Å². The van der Waals surface area contributed by atoms with Gasteiger partial charge in [0.25, 0.3) is 0 Å². The van der Waals surface area contributed by atoms with Crippen LogP contribution in [0.5, 0.6) is 0 Å². The molecule has 0 spiro atoms. The lowest BCUT2D eigenvalue weighted by atomic mass is 10.0. The second kappa shape index (κ2) is 8.38. The van der Waals surface area contributed by atoms with Crippen LogP contribution in [0, 0.1) is 0 Å². The summed E-state index contributed by atoms with van der Waals surface area (Å²) in [5.41, 5.74) is 1.29. The Labute approximate surface area is 127 Å². The van der Waals surface area contributed by atoms with E-state index < -0.39 is 0 Å². The summed E-state index contributed by atoms with van der Waals surface area (Å²) in [5, 5.41) is 3.74. The van der Waals surface area contributed by atoms with Gasteiger partial charge < -0.3 is 10.2 Å². The second-order valence-electron chi connectivity index (χ2n) is 5.36. The van der Waals surface area contributed by atoms with Crippen molar-refractivity contribution >= 4 is 17.4 Å². The first-order valence-electron chi connectivity index (χ1n) is 7.65. The molecule has 20 heavy (non-hydrogen) atoms. The maximum Gasteiger partial charge on any atom is 0.0480 e. The molecule has 1 aliphatic rings. The van der Waals surface area contributed by atoms with E-state index in [0.29, 0.717) is 6.04 Å². The number of likely N-dealkylation sites (tertiary alicyclic amines) is 1. The predicted molar refractivity (Wildman–Crippen MR) is 90.7 cm³/mol. The molecule has 3 heteroatoms. The minimum atomic E-state index is 0.619. The SMILES string of the molecule is C=CCSc1ccccc1NC1CCN(CCC)CC1. The molecule has 0 unspecified atom stereocenters. The number of hydrogen-bond acceptors (Lipinski definition) is 3. The number of benzene rings is 1. The fourth-order valence-corrected chi connectivity index (χ4v) is 3.45.